The summed E-state index contributed by atoms with van der Waals surface area (Å²) in [6.45, 7) is 10.4. The molecular weight excluding hydrogens is 955 g/mol. The Morgan fingerprint density at radius 3 is 1.00 bits per heavy atom. The molecule has 2 amide bonds. The number of ether oxygens (including phenoxy) is 6. The van der Waals surface area contributed by atoms with Gasteiger partial charge in [0.2, 0.25) is 0 Å². The number of nitrogens with zero attached hydrogens (tertiary/aromatic N) is 3. The summed E-state index contributed by atoms with van der Waals surface area (Å²) >= 11 is 0. The first-order valence-corrected chi connectivity index (χ1v) is 30.4. The zero-order valence-corrected chi connectivity index (χ0v) is 49.2. The highest BCUT2D eigenvalue weighted by Crippen LogP contribution is 2.16. The maximum atomic E-state index is 13.7. The van der Waals surface area contributed by atoms with Crippen molar-refractivity contribution in [1.29, 1.82) is 0 Å². The van der Waals surface area contributed by atoms with Crippen LogP contribution < -0.4 is 0 Å². The monoisotopic (exact) mass is 1070 g/mol. The van der Waals surface area contributed by atoms with Crippen LogP contribution in [-0.2, 0) is 52.4 Å². The Labute approximate surface area is 457 Å². The van der Waals surface area contributed by atoms with Gasteiger partial charge in [0.1, 0.15) is 13.2 Å². The van der Waals surface area contributed by atoms with E-state index >= 15 is 0 Å². The summed E-state index contributed by atoms with van der Waals surface area (Å²) in [5, 5.41) is 0. The molecule has 1 atom stereocenters. The van der Waals surface area contributed by atoms with Crippen LogP contribution in [0, 0.1) is 11.8 Å². The number of carbonyl (C=O) groups excluding carboxylic acids is 6. The number of amides is 2. The first-order valence-electron chi connectivity index (χ1n) is 30.4. The lowest BCUT2D eigenvalue weighted by atomic mass is 10.1. The number of hydrogen-bond donors (Lipinski definition) is 0. The Balaban J connectivity index is 5.56. The predicted molar refractivity (Wildman–Crippen MR) is 300 cm³/mol. The van der Waals surface area contributed by atoms with Gasteiger partial charge in [0, 0.05) is 57.8 Å². The lowest BCUT2D eigenvalue weighted by Crippen LogP contribution is -2.46. The topological polar surface area (TPSA) is 168 Å². The molecule has 0 aromatic carbocycles. The van der Waals surface area contributed by atoms with E-state index in [1.165, 1.54) is 108 Å². The van der Waals surface area contributed by atoms with Crippen molar-refractivity contribution in [2.75, 3.05) is 93.6 Å². The Bertz CT molecular complexity index is 1370. The summed E-state index contributed by atoms with van der Waals surface area (Å²) < 4.78 is 34.2. The summed E-state index contributed by atoms with van der Waals surface area (Å²) in [4.78, 5) is 83.5. The van der Waals surface area contributed by atoms with Gasteiger partial charge in [-0.3, -0.25) is 24.0 Å². The molecule has 0 saturated carbocycles. The average molecular weight is 1070 g/mol. The number of unbranched alkanes of at least 4 members (excludes halogenated alkanes) is 25. The first-order chi connectivity index (χ1) is 36.4. The fraction of sp³-hybridized carbons (Fsp3) is 0.900. The number of esters is 5. The third kappa shape index (κ3) is 47.5. The third-order valence-corrected chi connectivity index (χ3v) is 13.5. The first kappa shape index (κ1) is 71.5. The second-order valence-corrected chi connectivity index (χ2v) is 21.3. The van der Waals surface area contributed by atoms with E-state index in [4.69, 9.17) is 28.4 Å². The molecular formula is C60H113N3O12. The molecule has 0 bridgehead atoms. The smallest absolute Gasteiger partial charge is 0.320 e. The van der Waals surface area contributed by atoms with Crippen LogP contribution in [0.5, 0.6) is 0 Å². The fourth-order valence-electron chi connectivity index (χ4n) is 8.57. The largest absolute Gasteiger partial charge is 0.465 e. The zero-order valence-electron chi connectivity index (χ0n) is 49.2. The minimum atomic E-state index is -0.601. The molecule has 0 aromatic heterocycles. The van der Waals surface area contributed by atoms with Crippen LogP contribution in [0.2, 0.25) is 0 Å². The number of carbonyl (C=O) groups is 6. The van der Waals surface area contributed by atoms with Crippen molar-refractivity contribution in [1.82, 2.24) is 14.7 Å². The summed E-state index contributed by atoms with van der Waals surface area (Å²) in [5.41, 5.74) is 0. The average Bonchev–Trinajstić information content (AvgIpc) is 3.39. The van der Waals surface area contributed by atoms with Crippen molar-refractivity contribution in [3.63, 3.8) is 0 Å². The predicted octanol–water partition coefficient (Wildman–Crippen LogP) is 13.2. The molecule has 15 heteroatoms. The van der Waals surface area contributed by atoms with Gasteiger partial charge in [-0.05, 0) is 39.8 Å². The molecule has 440 valence electrons. The summed E-state index contributed by atoms with van der Waals surface area (Å²) in [6, 6.07) is -0.317. The van der Waals surface area contributed by atoms with Gasteiger partial charge in [-0.1, -0.05) is 188 Å². The van der Waals surface area contributed by atoms with E-state index in [0.29, 0.717) is 26.1 Å². The van der Waals surface area contributed by atoms with E-state index in [-0.39, 0.29) is 108 Å². The second kappa shape index (κ2) is 52.6. The van der Waals surface area contributed by atoms with Gasteiger partial charge in [-0.2, -0.15) is 0 Å². The van der Waals surface area contributed by atoms with Crippen molar-refractivity contribution in [3.8, 4) is 0 Å². The Morgan fingerprint density at radius 2 is 0.653 bits per heavy atom. The molecule has 0 spiro atoms. The Kier molecular flexibility index (Phi) is 50.2. The van der Waals surface area contributed by atoms with Gasteiger partial charge in [0.15, 0.2) is 0 Å². The lowest BCUT2D eigenvalue weighted by molar-refractivity contribution is -0.155. The molecule has 0 heterocycles. The quantitative estimate of drug-likeness (QED) is 0.0321. The van der Waals surface area contributed by atoms with Crippen LogP contribution in [0.15, 0.2) is 0 Å². The maximum Gasteiger partial charge on any atom is 0.320 e. The van der Waals surface area contributed by atoms with Gasteiger partial charge >= 0.3 is 35.9 Å². The standard InChI is InChI=1S/C60H113N3O12/c1-8-12-16-20-24-28-32-36-44-70-49-53(50-73-55(64)37-33-29-25-21-17-13-9-2)47-58(67)71-45-42-63(60(69)62(7)41-40-61(5)6)43-46-72-59(68)48-54(51-74-56(65)38-34-30-26-22-18-14-10-3)52-75-57(66)39-35-31-27-23-19-15-11-4/h53-54H,8-52H2,1-7H3. The third-order valence-electron chi connectivity index (χ3n) is 13.5. The minimum absolute atomic E-state index is 0.0134. The van der Waals surface area contributed by atoms with Crippen molar-refractivity contribution >= 4 is 35.9 Å². The summed E-state index contributed by atoms with van der Waals surface area (Å²) in [6.07, 6.45) is 32.9. The molecule has 0 saturated heterocycles. The number of hydrogen-bond acceptors (Lipinski definition) is 13. The SMILES string of the molecule is CCCCCCCCCCOCC(COC(=O)CCCCCCCCC)CC(=O)OCCN(CCOC(=O)CC(COC(=O)CCCCCCCCC)COC(=O)CCCCCCCCC)C(=O)N(C)CCN(C)C. The van der Waals surface area contributed by atoms with Crippen LogP contribution in [0.3, 0.4) is 0 Å². The highest BCUT2D eigenvalue weighted by molar-refractivity contribution is 5.75. The summed E-state index contributed by atoms with van der Waals surface area (Å²) in [7, 11) is 5.53. The molecule has 0 N–H and O–H groups in total. The maximum absolute atomic E-state index is 13.7. The van der Waals surface area contributed by atoms with Crippen LogP contribution >= 0.6 is 0 Å². The normalized spacial score (nSPS) is 11.7. The van der Waals surface area contributed by atoms with Crippen molar-refractivity contribution in [2.24, 2.45) is 11.8 Å². The van der Waals surface area contributed by atoms with Gasteiger partial charge < -0.3 is 43.1 Å². The second-order valence-electron chi connectivity index (χ2n) is 21.3. The lowest BCUT2D eigenvalue weighted by Gasteiger charge is -2.29. The minimum Gasteiger partial charge on any atom is -0.465 e. The number of likely N-dealkylation sites (N-methyl/N-ethyl adjacent to an activating group) is 2. The number of urea groups is 1. The molecule has 0 radical (unpaired) electrons. The van der Waals surface area contributed by atoms with E-state index in [1.54, 1.807) is 11.9 Å². The molecule has 0 rings (SSSR count). The Hall–Kier alpha value is -3.46. The van der Waals surface area contributed by atoms with Gasteiger partial charge in [0.25, 0.3) is 0 Å². The Morgan fingerprint density at radius 1 is 0.333 bits per heavy atom. The van der Waals surface area contributed by atoms with Crippen molar-refractivity contribution in [2.45, 2.75) is 246 Å². The van der Waals surface area contributed by atoms with Gasteiger partial charge in [0.05, 0.1) is 52.4 Å². The highest BCUT2D eigenvalue weighted by Gasteiger charge is 2.24. The van der Waals surface area contributed by atoms with Crippen molar-refractivity contribution in [3.05, 3.63) is 0 Å². The van der Waals surface area contributed by atoms with E-state index in [9.17, 15) is 28.8 Å². The summed E-state index contributed by atoms with van der Waals surface area (Å²) in [5.74, 6) is -3.02. The van der Waals surface area contributed by atoms with Crippen LogP contribution in [0.25, 0.3) is 0 Å². The van der Waals surface area contributed by atoms with E-state index in [2.05, 4.69) is 27.7 Å². The zero-order chi connectivity index (χ0) is 55.4. The van der Waals surface area contributed by atoms with Gasteiger partial charge in [-0.25, -0.2) is 4.79 Å². The van der Waals surface area contributed by atoms with E-state index < -0.39 is 17.9 Å². The van der Waals surface area contributed by atoms with E-state index in [1.807, 2.05) is 19.0 Å². The molecule has 0 aliphatic rings. The highest BCUT2D eigenvalue weighted by atomic mass is 16.6. The number of rotatable bonds is 54. The van der Waals surface area contributed by atoms with Crippen molar-refractivity contribution < 1.29 is 57.2 Å². The van der Waals surface area contributed by atoms with Gasteiger partial charge in [-0.15, -0.1) is 0 Å². The van der Waals surface area contributed by atoms with E-state index in [0.717, 1.165) is 83.5 Å². The molecule has 0 aliphatic carbocycles. The molecule has 0 aromatic rings. The molecule has 0 aliphatic heterocycles. The fourth-order valence-corrected chi connectivity index (χ4v) is 8.57. The molecule has 1 unspecified atom stereocenters. The van der Waals surface area contributed by atoms with Crippen LogP contribution in [-0.4, -0.2) is 144 Å². The molecule has 0 fully saturated rings. The molecule has 75 heavy (non-hydrogen) atoms. The van der Waals surface area contributed by atoms with Crippen LogP contribution in [0.4, 0.5) is 4.79 Å². The molecule has 15 nitrogen and oxygen atoms in total. The van der Waals surface area contributed by atoms with Crippen LogP contribution in [0.1, 0.15) is 246 Å².